The number of benzene rings is 1. The molecule has 5 heteroatoms. The Hall–Kier alpha value is -2.14. The summed E-state index contributed by atoms with van der Waals surface area (Å²) in [6.45, 7) is 3.18. The van der Waals surface area contributed by atoms with E-state index in [9.17, 15) is 4.79 Å². The van der Waals surface area contributed by atoms with Crippen molar-refractivity contribution in [2.75, 3.05) is 6.54 Å². The minimum absolute atomic E-state index is 0.101. The van der Waals surface area contributed by atoms with Crippen molar-refractivity contribution < 1.29 is 4.79 Å². The van der Waals surface area contributed by atoms with Gasteiger partial charge < -0.3 is 11.1 Å². The molecule has 0 saturated heterocycles. The van der Waals surface area contributed by atoms with Gasteiger partial charge in [0, 0.05) is 13.6 Å². The third kappa shape index (κ3) is 3.92. The van der Waals surface area contributed by atoms with Crippen molar-refractivity contribution in [3.05, 3.63) is 52.8 Å². The van der Waals surface area contributed by atoms with E-state index in [2.05, 4.69) is 10.4 Å². The van der Waals surface area contributed by atoms with Crippen LogP contribution >= 0.6 is 0 Å². The highest BCUT2D eigenvalue weighted by molar-refractivity contribution is 5.92. The monoisotopic (exact) mass is 286 g/mol. The van der Waals surface area contributed by atoms with Gasteiger partial charge in [-0.3, -0.25) is 9.48 Å². The molecule has 0 unspecified atom stereocenters. The first-order valence-electron chi connectivity index (χ1n) is 7.23. The average molecular weight is 286 g/mol. The summed E-state index contributed by atoms with van der Waals surface area (Å²) in [4.78, 5) is 12.1. The van der Waals surface area contributed by atoms with Crippen LogP contribution < -0.4 is 11.1 Å². The molecule has 0 spiro atoms. The predicted octanol–water partition coefficient (Wildman–Crippen LogP) is 1.41. The molecular formula is C16H22N4O. The summed E-state index contributed by atoms with van der Waals surface area (Å²) < 4.78 is 1.62. The van der Waals surface area contributed by atoms with Gasteiger partial charge in [-0.25, -0.2) is 0 Å². The van der Waals surface area contributed by atoms with Gasteiger partial charge in [0.1, 0.15) is 5.69 Å². The predicted molar refractivity (Wildman–Crippen MR) is 83.0 cm³/mol. The molecule has 0 aliphatic carbocycles. The molecule has 0 saturated carbocycles. The average Bonchev–Trinajstić information content (AvgIpc) is 2.88. The van der Waals surface area contributed by atoms with Crippen LogP contribution in [0.1, 0.15) is 34.2 Å². The highest BCUT2D eigenvalue weighted by Gasteiger charge is 2.12. The van der Waals surface area contributed by atoms with E-state index in [4.69, 9.17) is 5.73 Å². The Morgan fingerprint density at radius 2 is 1.95 bits per heavy atom. The zero-order chi connectivity index (χ0) is 15.2. The van der Waals surface area contributed by atoms with Gasteiger partial charge >= 0.3 is 0 Å². The van der Waals surface area contributed by atoms with Crippen LogP contribution in [0.15, 0.2) is 30.3 Å². The van der Waals surface area contributed by atoms with Gasteiger partial charge in [-0.2, -0.15) is 5.10 Å². The second kappa shape index (κ2) is 7.04. The standard InChI is InChI=1S/C16H22N4O/c1-3-14-10-15(20(2)19-14)16(21)18-11-13-6-4-12(5-7-13)8-9-17/h4-7,10H,3,8-9,11,17H2,1-2H3,(H,18,21). The normalized spacial score (nSPS) is 10.6. The summed E-state index contributed by atoms with van der Waals surface area (Å²) in [5.41, 5.74) is 9.32. The number of carbonyl (C=O) groups is 1. The number of carbonyl (C=O) groups excluding carboxylic acids is 1. The highest BCUT2D eigenvalue weighted by atomic mass is 16.2. The Bertz CT molecular complexity index is 601. The van der Waals surface area contributed by atoms with E-state index in [1.807, 2.05) is 37.3 Å². The molecule has 0 aliphatic rings. The molecule has 2 rings (SSSR count). The Kier molecular flexibility index (Phi) is 5.11. The zero-order valence-electron chi connectivity index (χ0n) is 12.6. The van der Waals surface area contributed by atoms with Crippen LogP contribution in [0.25, 0.3) is 0 Å². The quantitative estimate of drug-likeness (QED) is 0.843. The molecular weight excluding hydrogens is 264 g/mol. The number of nitrogens with zero attached hydrogens (tertiary/aromatic N) is 2. The molecule has 1 aromatic carbocycles. The van der Waals surface area contributed by atoms with Crippen molar-refractivity contribution >= 4 is 5.91 Å². The van der Waals surface area contributed by atoms with Crippen molar-refractivity contribution in [2.24, 2.45) is 12.8 Å². The van der Waals surface area contributed by atoms with E-state index in [1.54, 1.807) is 11.7 Å². The lowest BCUT2D eigenvalue weighted by atomic mass is 10.1. The Morgan fingerprint density at radius 1 is 1.29 bits per heavy atom. The second-order valence-corrected chi connectivity index (χ2v) is 5.04. The van der Waals surface area contributed by atoms with Crippen molar-refractivity contribution in [3.8, 4) is 0 Å². The molecule has 112 valence electrons. The molecule has 2 aromatic rings. The van der Waals surface area contributed by atoms with Crippen LogP contribution in [0.5, 0.6) is 0 Å². The second-order valence-electron chi connectivity index (χ2n) is 5.04. The minimum Gasteiger partial charge on any atom is -0.347 e. The van der Waals surface area contributed by atoms with Gasteiger partial charge in [-0.15, -0.1) is 0 Å². The molecule has 0 bridgehead atoms. The summed E-state index contributed by atoms with van der Waals surface area (Å²) in [6.07, 6.45) is 1.70. The maximum Gasteiger partial charge on any atom is 0.269 e. The lowest BCUT2D eigenvalue weighted by Gasteiger charge is -2.06. The summed E-state index contributed by atoms with van der Waals surface area (Å²) in [7, 11) is 1.79. The summed E-state index contributed by atoms with van der Waals surface area (Å²) in [5, 5.41) is 7.20. The van der Waals surface area contributed by atoms with Crippen molar-refractivity contribution in [1.82, 2.24) is 15.1 Å². The Labute approximate surface area is 125 Å². The number of hydrogen-bond donors (Lipinski definition) is 2. The van der Waals surface area contributed by atoms with Crippen molar-refractivity contribution in [3.63, 3.8) is 0 Å². The van der Waals surface area contributed by atoms with Gasteiger partial charge in [0.2, 0.25) is 0 Å². The fourth-order valence-electron chi connectivity index (χ4n) is 2.18. The number of rotatable bonds is 6. The highest BCUT2D eigenvalue weighted by Crippen LogP contribution is 2.07. The van der Waals surface area contributed by atoms with Gasteiger partial charge in [0.25, 0.3) is 5.91 Å². The van der Waals surface area contributed by atoms with E-state index in [0.29, 0.717) is 18.8 Å². The molecule has 1 amide bonds. The van der Waals surface area contributed by atoms with Crippen LogP contribution in [0, 0.1) is 0 Å². The van der Waals surface area contributed by atoms with Crippen molar-refractivity contribution in [2.45, 2.75) is 26.3 Å². The van der Waals surface area contributed by atoms with E-state index >= 15 is 0 Å². The van der Waals surface area contributed by atoms with E-state index in [1.165, 1.54) is 5.56 Å². The number of nitrogens with two attached hydrogens (primary N) is 1. The summed E-state index contributed by atoms with van der Waals surface area (Å²) in [5.74, 6) is -0.101. The van der Waals surface area contributed by atoms with Gasteiger partial charge in [0.05, 0.1) is 5.69 Å². The molecule has 0 radical (unpaired) electrons. The van der Waals surface area contributed by atoms with Crippen LogP contribution in [0.4, 0.5) is 0 Å². The summed E-state index contributed by atoms with van der Waals surface area (Å²) >= 11 is 0. The number of aromatic nitrogens is 2. The lowest BCUT2D eigenvalue weighted by molar-refractivity contribution is 0.0941. The number of aryl methyl sites for hydroxylation is 2. The molecule has 0 aliphatic heterocycles. The molecule has 5 nitrogen and oxygen atoms in total. The van der Waals surface area contributed by atoms with Crippen LogP contribution in [0.2, 0.25) is 0 Å². The number of hydrogen-bond acceptors (Lipinski definition) is 3. The molecule has 21 heavy (non-hydrogen) atoms. The number of amides is 1. The zero-order valence-corrected chi connectivity index (χ0v) is 12.6. The molecule has 0 atom stereocenters. The van der Waals surface area contributed by atoms with Crippen LogP contribution in [-0.4, -0.2) is 22.2 Å². The number of nitrogens with one attached hydrogen (secondary N) is 1. The SMILES string of the molecule is CCc1cc(C(=O)NCc2ccc(CCN)cc2)n(C)n1. The fourth-order valence-corrected chi connectivity index (χ4v) is 2.18. The van der Waals surface area contributed by atoms with Gasteiger partial charge in [-0.1, -0.05) is 31.2 Å². The lowest BCUT2D eigenvalue weighted by Crippen LogP contribution is -2.25. The first-order valence-corrected chi connectivity index (χ1v) is 7.23. The third-order valence-electron chi connectivity index (χ3n) is 3.43. The Balaban J connectivity index is 1.95. The van der Waals surface area contributed by atoms with E-state index < -0.39 is 0 Å². The Morgan fingerprint density at radius 3 is 2.52 bits per heavy atom. The van der Waals surface area contributed by atoms with Crippen LogP contribution in [0.3, 0.4) is 0 Å². The van der Waals surface area contributed by atoms with Crippen LogP contribution in [-0.2, 0) is 26.4 Å². The van der Waals surface area contributed by atoms with Gasteiger partial charge in [0.15, 0.2) is 0 Å². The van der Waals surface area contributed by atoms with Crippen molar-refractivity contribution in [1.29, 1.82) is 0 Å². The molecule has 1 heterocycles. The minimum atomic E-state index is -0.101. The largest absolute Gasteiger partial charge is 0.347 e. The fraction of sp³-hybridized carbons (Fsp3) is 0.375. The molecule has 3 N–H and O–H groups in total. The molecule has 0 fully saturated rings. The molecule has 1 aromatic heterocycles. The topological polar surface area (TPSA) is 72.9 Å². The first kappa shape index (κ1) is 15.3. The first-order chi connectivity index (χ1) is 10.1. The smallest absolute Gasteiger partial charge is 0.269 e. The maximum atomic E-state index is 12.1. The van der Waals surface area contributed by atoms with E-state index in [-0.39, 0.29) is 5.91 Å². The maximum absolute atomic E-state index is 12.1. The summed E-state index contributed by atoms with van der Waals surface area (Å²) in [6, 6.07) is 9.97. The van der Waals surface area contributed by atoms with Gasteiger partial charge in [-0.05, 0) is 36.6 Å². The van der Waals surface area contributed by atoms with E-state index in [0.717, 1.165) is 24.1 Å². The third-order valence-corrected chi connectivity index (χ3v) is 3.43.